The number of methoxy groups -OCH3 is 1. The van der Waals surface area contributed by atoms with Gasteiger partial charge in [0.2, 0.25) is 5.88 Å². The standard InChI is InChI=1S/C11H17N3O2/c1-12-6-4-8-13-10(15)9-5-3-7-14-11(9)16-2/h3,5,7,12H,4,6,8H2,1-2H3,(H,13,15). The van der Waals surface area contributed by atoms with Crippen molar-refractivity contribution in [2.75, 3.05) is 27.2 Å². The summed E-state index contributed by atoms with van der Waals surface area (Å²) in [5.74, 6) is 0.203. The summed E-state index contributed by atoms with van der Waals surface area (Å²) >= 11 is 0. The van der Waals surface area contributed by atoms with Gasteiger partial charge in [-0.2, -0.15) is 0 Å². The molecule has 16 heavy (non-hydrogen) atoms. The molecule has 0 saturated heterocycles. The van der Waals surface area contributed by atoms with Gasteiger partial charge in [0.25, 0.3) is 5.91 Å². The molecule has 0 aliphatic heterocycles. The van der Waals surface area contributed by atoms with Crippen molar-refractivity contribution in [3.05, 3.63) is 23.9 Å². The molecule has 0 fully saturated rings. The zero-order valence-corrected chi connectivity index (χ0v) is 9.62. The zero-order valence-electron chi connectivity index (χ0n) is 9.62. The van der Waals surface area contributed by atoms with Crippen molar-refractivity contribution in [3.8, 4) is 5.88 Å². The van der Waals surface area contributed by atoms with E-state index in [1.165, 1.54) is 7.11 Å². The van der Waals surface area contributed by atoms with Gasteiger partial charge in [-0.15, -0.1) is 0 Å². The Morgan fingerprint density at radius 1 is 1.50 bits per heavy atom. The van der Waals surface area contributed by atoms with Crippen molar-refractivity contribution in [2.45, 2.75) is 6.42 Å². The first-order chi connectivity index (χ1) is 7.79. The molecule has 1 amide bonds. The van der Waals surface area contributed by atoms with Crippen LogP contribution in [-0.4, -0.2) is 38.1 Å². The Morgan fingerprint density at radius 2 is 2.31 bits per heavy atom. The first-order valence-electron chi connectivity index (χ1n) is 5.21. The highest BCUT2D eigenvalue weighted by Crippen LogP contribution is 2.12. The summed E-state index contributed by atoms with van der Waals surface area (Å²) in [7, 11) is 3.38. The molecule has 2 N–H and O–H groups in total. The van der Waals surface area contributed by atoms with Gasteiger partial charge in [0.05, 0.1) is 7.11 Å². The fourth-order valence-corrected chi connectivity index (χ4v) is 1.29. The van der Waals surface area contributed by atoms with Crippen molar-refractivity contribution < 1.29 is 9.53 Å². The minimum atomic E-state index is -0.152. The predicted octanol–water partition coefficient (Wildman–Crippen LogP) is 0.429. The molecule has 1 aromatic rings. The lowest BCUT2D eigenvalue weighted by molar-refractivity contribution is 0.0949. The largest absolute Gasteiger partial charge is 0.480 e. The quantitative estimate of drug-likeness (QED) is 0.686. The monoisotopic (exact) mass is 223 g/mol. The number of aromatic nitrogens is 1. The molecule has 0 atom stereocenters. The van der Waals surface area contributed by atoms with Crippen molar-refractivity contribution >= 4 is 5.91 Å². The molecule has 0 spiro atoms. The van der Waals surface area contributed by atoms with Gasteiger partial charge in [0.1, 0.15) is 5.56 Å². The van der Waals surface area contributed by atoms with Gasteiger partial charge in [-0.1, -0.05) is 0 Å². The normalized spacial score (nSPS) is 9.88. The second kappa shape index (κ2) is 6.79. The van der Waals surface area contributed by atoms with Crippen LogP contribution in [0.15, 0.2) is 18.3 Å². The maximum Gasteiger partial charge on any atom is 0.256 e. The van der Waals surface area contributed by atoms with E-state index >= 15 is 0 Å². The van der Waals surface area contributed by atoms with E-state index in [1.54, 1.807) is 18.3 Å². The molecule has 0 radical (unpaired) electrons. The second-order valence-corrected chi connectivity index (χ2v) is 3.27. The molecule has 0 aromatic carbocycles. The molecule has 1 aromatic heterocycles. The average molecular weight is 223 g/mol. The molecule has 0 saturated carbocycles. The van der Waals surface area contributed by atoms with Gasteiger partial charge >= 0.3 is 0 Å². The van der Waals surface area contributed by atoms with E-state index in [2.05, 4.69) is 15.6 Å². The smallest absolute Gasteiger partial charge is 0.256 e. The molecule has 1 rings (SSSR count). The number of nitrogens with one attached hydrogen (secondary N) is 2. The highest BCUT2D eigenvalue weighted by atomic mass is 16.5. The highest BCUT2D eigenvalue weighted by Gasteiger charge is 2.11. The van der Waals surface area contributed by atoms with Crippen LogP contribution >= 0.6 is 0 Å². The molecule has 0 aliphatic carbocycles. The summed E-state index contributed by atoms with van der Waals surface area (Å²) in [6.45, 7) is 1.52. The van der Waals surface area contributed by atoms with E-state index < -0.39 is 0 Å². The van der Waals surface area contributed by atoms with Gasteiger partial charge in [0, 0.05) is 12.7 Å². The van der Waals surface area contributed by atoms with Crippen LogP contribution in [0, 0.1) is 0 Å². The number of carbonyl (C=O) groups is 1. The van der Waals surface area contributed by atoms with E-state index in [0.29, 0.717) is 18.0 Å². The van der Waals surface area contributed by atoms with Crippen LogP contribution in [0.25, 0.3) is 0 Å². The van der Waals surface area contributed by atoms with E-state index in [-0.39, 0.29) is 5.91 Å². The minimum absolute atomic E-state index is 0.152. The maximum absolute atomic E-state index is 11.7. The highest BCUT2D eigenvalue weighted by molar-refractivity contribution is 5.96. The first-order valence-corrected chi connectivity index (χ1v) is 5.21. The Kier molecular flexibility index (Phi) is 5.28. The van der Waals surface area contributed by atoms with E-state index in [1.807, 2.05) is 7.05 Å². The third kappa shape index (κ3) is 3.51. The summed E-state index contributed by atoms with van der Waals surface area (Å²) in [6, 6.07) is 3.41. The third-order valence-electron chi connectivity index (χ3n) is 2.10. The Morgan fingerprint density at radius 3 is 3.00 bits per heavy atom. The number of rotatable bonds is 6. The van der Waals surface area contributed by atoms with E-state index in [4.69, 9.17) is 4.74 Å². The van der Waals surface area contributed by atoms with Gasteiger partial charge < -0.3 is 15.4 Å². The molecular weight excluding hydrogens is 206 g/mol. The number of amides is 1. The Labute approximate surface area is 95.2 Å². The SMILES string of the molecule is CNCCCNC(=O)c1cccnc1OC. The van der Waals surface area contributed by atoms with Gasteiger partial charge in [-0.3, -0.25) is 4.79 Å². The second-order valence-electron chi connectivity index (χ2n) is 3.27. The Bertz CT molecular complexity index is 342. The third-order valence-corrected chi connectivity index (χ3v) is 2.10. The van der Waals surface area contributed by atoms with Crippen LogP contribution < -0.4 is 15.4 Å². The fraction of sp³-hybridized carbons (Fsp3) is 0.455. The molecule has 0 aliphatic rings. The number of ether oxygens (including phenoxy) is 1. The Hall–Kier alpha value is -1.62. The lowest BCUT2D eigenvalue weighted by atomic mass is 10.2. The average Bonchev–Trinajstić information content (AvgIpc) is 2.34. The fourth-order valence-electron chi connectivity index (χ4n) is 1.29. The summed E-state index contributed by atoms with van der Waals surface area (Å²) in [4.78, 5) is 15.7. The van der Waals surface area contributed by atoms with Gasteiger partial charge in [0.15, 0.2) is 0 Å². The first kappa shape index (κ1) is 12.4. The summed E-state index contributed by atoms with van der Waals surface area (Å²) < 4.78 is 5.01. The van der Waals surface area contributed by atoms with Crippen molar-refractivity contribution in [1.29, 1.82) is 0 Å². The van der Waals surface area contributed by atoms with E-state index in [0.717, 1.165) is 13.0 Å². The number of carbonyl (C=O) groups excluding carboxylic acids is 1. The van der Waals surface area contributed by atoms with Crippen LogP contribution in [0.1, 0.15) is 16.8 Å². The predicted molar refractivity (Wildman–Crippen MR) is 61.7 cm³/mol. The van der Waals surface area contributed by atoms with Crippen molar-refractivity contribution in [2.24, 2.45) is 0 Å². The Balaban J connectivity index is 2.52. The molecule has 0 bridgehead atoms. The number of nitrogens with zero attached hydrogens (tertiary/aromatic N) is 1. The summed E-state index contributed by atoms with van der Waals surface area (Å²) in [6.07, 6.45) is 2.49. The molecule has 0 unspecified atom stereocenters. The molecule has 5 heteroatoms. The maximum atomic E-state index is 11.7. The molecule has 1 heterocycles. The lowest BCUT2D eigenvalue weighted by Gasteiger charge is -2.07. The lowest BCUT2D eigenvalue weighted by Crippen LogP contribution is -2.27. The van der Waals surface area contributed by atoms with Crippen molar-refractivity contribution in [3.63, 3.8) is 0 Å². The van der Waals surface area contributed by atoms with Crippen LogP contribution in [0.3, 0.4) is 0 Å². The van der Waals surface area contributed by atoms with Gasteiger partial charge in [-0.05, 0) is 32.1 Å². The van der Waals surface area contributed by atoms with Gasteiger partial charge in [-0.25, -0.2) is 4.98 Å². The summed E-state index contributed by atoms with van der Waals surface area (Å²) in [5.41, 5.74) is 0.467. The van der Waals surface area contributed by atoms with Crippen LogP contribution in [0.4, 0.5) is 0 Å². The topological polar surface area (TPSA) is 63.2 Å². The van der Waals surface area contributed by atoms with Crippen LogP contribution in [0.5, 0.6) is 5.88 Å². The molecule has 5 nitrogen and oxygen atoms in total. The molecular formula is C11H17N3O2. The van der Waals surface area contributed by atoms with Crippen LogP contribution in [-0.2, 0) is 0 Å². The van der Waals surface area contributed by atoms with Crippen LogP contribution in [0.2, 0.25) is 0 Å². The minimum Gasteiger partial charge on any atom is -0.480 e. The molecule has 88 valence electrons. The zero-order chi connectivity index (χ0) is 11.8. The number of hydrogen-bond acceptors (Lipinski definition) is 4. The van der Waals surface area contributed by atoms with E-state index in [9.17, 15) is 4.79 Å². The number of pyridine rings is 1. The van der Waals surface area contributed by atoms with Crippen molar-refractivity contribution in [1.82, 2.24) is 15.6 Å². The number of hydrogen-bond donors (Lipinski definition) is 2. The summed E-state index contributed by atoms with van der Waals surface area (Å²) in [5, 5.41) is 5.82.